The van der Waals surface area contributed by atoms with Crippen molar-refractivity contribution in [3.05, 3.63) is 107 Å². The molecule has 0 unspecified atom stereocenters. The molecule has 0 aliphatic heterocycles. The quantitative estimate of drug-likeness (QED) is 0.398. The topological polar surface area (TPSA) is 52.1 Å². The molecule has 0 aliphatic carbocycles. The smallest absolute Gasteiger partial charge is 0.137 e. The molecule has 2 N–H and O–H groups in total. The van der Waals surface area contributed by atoms with Gasteiger partial charge in [0, 0.05) is 42.1 Å². The first-order valence-electron chi connectivity index (χ1n) is 9.60. The van der Waals surface area contributed by atoms with Gasteiger partial charge in [0.1, 0.15) is 17.4 Å². The number of hydrogen-bond acceptors (Lipinski definition) is 3. The molecule has 6 heteroatoms. The number of aromatic amines is 1. The van der Waals surface area contributed by atoms with Gasteiger partial charge in [0.2, 0.25) is 0 Å². The van der Waals surface area contributed by atoms with Gasteiger partial charge in [-0.3, -0.25) is 4.90 Å². The number of nitrogens with one attached hydrogen (secondary N) is 1. The van der Waals surface area contributed by atoms with Crippen LogP contribution in [0.5, 0.6) is 5.75 Å². The number of rotatable bonds is 7. The zero-order chi connectivity index (χ0) is 20.9. The molecule has 4 rings (SSSR count). The minimum absolute atomic E-state index is 0.145. The maximum absolute atomic E-state index is 13.5. The first-order chi connectivity index (χ1) is 14.6. The molecule has 0 aliphatic rings. The van der Waals surface area contributed by atoms with Crippen LogP contribution in [0.1, 0.15) is 16.8 Å². The third-order valence-corrected chi connectivity index (χ3v) is 5.15. The van der Waals surface area contributed by atoms with Crippen LogP contribution in [0.25, 0.3) is 11.4 Å². The van der Waals surface area contributed by atoms with Gasteiger partial charge in [-0.15, -0.1) is 0 Å². The Morgan fingerprint density at radius 3 is 2.53 bits per heavy atom. The standard InChI is InChI=1S/C24H21ClFN3O/c25-23-12-22(30)10-9-19(23)15-29(14-17-5-2-1-3-6-17)16-21-13-27-24(28-21)18-7-4-8-20(26)11-18/h1-13,30H,14-16H2,(H,27,28). The van der Waals surface area contributed by atoms with E-state index >= 15 is 0 Å². The molecule has 0 spiro atoms. The van der Waals surface area contributed by atoms with Crippen molar-refractivity contribution in [2.24, 2.45) is 0 Å². The molecule has 1 heterocycles. The van der Waals surface area contributed by atoms with E-state index in [2.05, 4.69) is 27.0 Å². The van der Waals surface area contributed by atoms with E-state index in [1.807, 2.05) is 30.3 Å². The van der Waals surface area contributed by atoms with Gasteiger partial charge in [-0.05, 0) is 35.4 Å². The molecule has 0 saturated heterocycles. The van der Waals surface area contributed by atoms with Crippen molar-refractivity contribution in [1.82, 2.24) is 14.9 Å². The molecule has 0 amide bonds. The summed E-state index contributed by atoms with van der Waals surface area (Å²) >= 11 is 6.34. The van der Waals surface area contributed by atoms with E-state index in [1.54, 1.807) is 24.4 Å². The summed E-state index contributed by atoms with van der Waals surface area (Å²) < 4.78 is 13.5. The third kappa shape index (κ3) is 5.06. The zero-order valence-corrected chi connectivity index (χ0v) is 17.0. The lowest BCUT2D eigenvalue weighted by molar-refractivity contribution is 0.245. The van der Waals surface area contributed by atoms with Crippen LogP contribution in [0, 0.1) is 5.82 Å². The molecule has 0 saturated carbocycles. The van der Waals surface area contributed by atoms with E-state index in [9.17, 15) is 9.50 Å². The normalized spacial score (nSPS) is 11.2. The molecule has 152 valence electrons. The van der Waals surface area contributed by atoms with E-state index in [-0.39, 0.29) is 11.6 Å². The Hall–Kier alpha value is -3.15. The summed E-state index contributed by atoms with van der Waals surface area (Å²) in [6, 6.07) is 21.6. The highest BCUT2D eigenvalue weighted by Crippen LogP contribution is 2.25. The van der Waals surface area contributed by atoms with Crippen LogP contribution in [0.2, 0.25) is 5.02 Å². The summed E-state index contributed by atoms with van der Waals surface area (Å²) in [7, 11) is 0. The number of phenols is 1. The second kappa shape index (κ2) is 9.11. The lowest BCUT2D eigenvalue weighted by atomic mass is 10.1. The Balaban J connectivity index is 1.56. The van der Waals surface area contributed by atoms with Crippen LogP contribution in [0.15, 0.2) is 79.0 Å². The van der Waals surface area contributed by atoms with Gasteiger partial charge < -0.3 is 10.1 Å². The molecule has 30 heavy (non-hydrogen) atoms. The van der Waals surface area contributed by atoms with Gasteiger partial charge in [0.15, 0.2) is 0 Å². The Morgan fingerprint density at radius 2 is 1.77 bits per heavy atom. The average Bonchev–Trinajstić information content (AvgIpc) is 3.19. The Labute approximate surface area is 179 Å². The van der Waals surface area contributed by atoms with E-state index < -0.39 is 0 Å². The van der Waals surface area contributed by atoms with Crippen LogP contribution in [-0.2, 0) is 19.6 Å². The lowest BCUT2D eigenvalue weighted by Gasteiger charge is -2.22. The van der Waals surface area contributed by atoms with E-state index in [4.69, 9.17) is 11.6 Å². The van der Waals surface area contributed by atoms with Crippen LogP contribution in [-0.4, -0.2) is 20.0 Å². The number of halogens is 2. The van der Waals surface area contributed by atoms with Crippen LogP contribution >= 0.6 is 11.6 Å². The second-order valence-corrected chi connectivity index (χ2v) is 7.58. The fraction of sp³-hybridized carbons (Fsp3) is 0.125. The van der Waals surface area contributed by atoms with Crippen molar-refractivity contribution in [2.45, 2.75) is 19.6 Å². The van der Waals surface area contributed by atoms with Gasteiger partial charge in [-0.2, -0.15) is 0 Å². The highest BCUT2D eigenvalue weighted by Gasteiger charge is 2.13. The first kappa shape index (κ1) is 20.1. The summed E-state index contributed by atoms with van der Waals surface area (Å²) in [4.78, 5) is 9.94. The van der Waals surface area contributed by atoms with Crippen LogP contribution in [0.3, 0.4) is 0 Å². The van der Waals surface area contributed by atoms with Gasteiger partial charge in [0.25, 0.3) is 0 Å². The highest BCUT2D eigenvalue weighted by molar-refractivity contribution is 6.31. The maximum atomic E-state index is 13.5. The summed E-state index contributed by atoms with van der Waals surface area (Å²) in [5, 5.41) is 10.2. The number of aromatic hydroxyl groups is 1. The summed E-state index contributed by atoms with van der Waals surface area (Å²) in [5.41, 5.74) is 3.73. The largest absolute Gasteiger partial charge is 0.508 e. The molecule has 0 fully saturated rings. The summed E-state index contributed by atoms with van der Waals surface area (Å²) in [5.74, 6) is 0.483. The van der Waals surface area contributed by atoms with Gasteiger partial charge >= 0.3 is 0 Å². The predicted molar refractivity (Wildman–Crippen MR) is 116 cm³/mol. The monoisotopic (exact) mass is 421 g/mol. The summed E-state index contributed by atoms with van der Waals surface area (Å²) in [6.07, 6.45) is 1.77. The van der Waals surface area contributed by atoms with Crippen molar-refractivity contribution < 1.29 is 9.50 Å². The molecule has 4 nitrogen and oxygen atoms in total. The third-order valence-electron chi connectivity index (χ3n) is 4.80. The molecule has 1 aromatic heterocycles. The van der Waals surface area contributed by atoms with Crippen molar-refractivity contribution in [1.29, 1.82) is 0 Å². The lowest BCUT2D eigenvalue weighted by Crippen LogP contribution is -2.22. The molecule has 4 aromatic rings. The SMILES string of the molecule is Oc1ccc(CN(Cc2ccccc2)Cc2cnc(-c3cccc(F)c3)[nH]2)c(Cl)c1. The number of aromatic nitrogens is 2. The fourth-order valence-corrected chi connectivity index (χ4v) is 3.61. The van der Waals surface area contributed by atoms with Gasteiger partial charge in [-0.1, -0.05) is 60.1 Å². The van der Waals surface area contributed by atoms with Crippen molar-refractivity contribution in [3.63, 3.8) is 0 Å². The fourth-order valence-electron chi connectivity index (χ4n) is 3.38. The second-order valence-electron chi connectivity index (χ2n) is 7.17. The molecular weight excluding hydrogens is 401 g/mol. The number of phenolic OH excluding ortho intramolecular Hbond substituents is 1. The Morgan fingerprint density at radius 1 is 0.933 bits per heavy atom. The van der Waals surface area contributed by atoms with Gasteiger partial charge in [-0.25, -0.2) is 9.37 Å². The van der Waals surface area contributed by atoms with Crippen molar-refractivity contribution in [3.8, 4) is 17.1 Å². The number of imidazole rings is 1. The number of benzene rings is 3. The molecular formula is C24H21ClFN3O. The molecule has 0 radical (unpaired) electrons. The Kier molecular flexibility index (Phi) is 6.12. The minimum Gasteiger partial charge on any atom is -0.508 e. The minimum atomic E-state index is -0.293. The van der Waals surface area contributed by atoms with Gasteiger partial charge in [0.05, 0.1) is 0 Å². The molecule has 3 aromatic carbocycles. The highest BCUT2D eigenvalue weighted by atomic mass is 35.5. The molecule has 0 atom stereocenters. The first-order valence-corrected chi connectivity index (χ1v) is 9.98. The van der Waals surface area contributed by atoms with Crippen molar-refractivity contribution >= 4 is 11.6 Å². The number of H-pyrrole nitrogens is 1. The van der Waals surface area contributed by atoms with Crippen molar-refractivity contribution in [2.75, 3.05) is 0 Å². The zero-order valence-electron chi connectivity index (χ0n) is 16.2. The number of hydrogen-bond donors (Lipinski definition) is 2. The predicted octanol–water partition coefficient (Wildman–Crippen LogP) is 5.78. The molecule has 0 bridgehead atoms. The number of nitrogens with zero attached hydrogens (tertiary/aromatic N) is 2. The maximum Gasteiger partial charge on any atom is 0.137 e. The van der Waals surface area contributed by atoms with Crippen LogP contribution < -0.4 is 0 Å². The summed E-state index contributed by atoms with van der Waals surface area (Å²) in [6.45, 7) is 1.92. The average molecular weight is 422 g/mol. The van der Waals surface area contributed by atoms with E-state index in [0.29, 0.717) is 36.0 Å². The van der Waals surface area contributed by atoms with E-state index in [0.717, 1.165) is 11.3 Å². The van der Waals surface area contributed by atoms with Crippen LogP contribution in [0.4, 0.5) is 4.39 Å². The Bertz CT molecular complexity index is 1130. The van der Waals surface area contributed by atoms with E-state index in [1.165, 1.54) is 17.7 Å².